The van der Waals surface area contributed by atoms with Gasteiger partial charge in [-0.3, -0.25) is 0 Å². The third-order valence-corrected chi connectivity index (χ3v) is 3.45. The Kier molecular flexibility index (Phi) is 3.33. The Balaban J connectivity index is 2.03. The molecular formula is C11H17BrN4. The van der Waals surface area contributed by atoms with Crippen molar-refractivity contribution in [2.45, 2.75) is 26.7 Å². The summed E-state index contributed by atoms with van der Waals surface area (Å²) in [7, 11) is 0. The predicted octanol–water partition coefficient (Wildman–Crippen LogP) is 2.88. The molecule has 0 aliphatic heterocycles. The number of nitrogens with one attached hydrogen (secondary N) is 2. The molecule has 0 bridgehead atoms. The van der Waals surface area contributed by atoms with Crippen molar-refractivity contribution in [3.8, 4) is 0 Å². The van der Waals surface area contributed by atoms with Crippen LogP contribution in [0.1, 0.15) is 26.7 Å². The molecular weight excluding hydrogens is 268 g/mol. The smallest absolute Gasteiger partial charge is 0.224 e. The van der Waals surface area contributed by atoms with E-state index in [2.05, 4.69) is 43.5 Å². The minimum atomic E-state index is 0.475. The standard InChI is InChI=1S/C11H17BrN4/c1-3-13-10-14-6-8(12)9(16-10)15-7-11(2)4-5-11/h6H,3-5,7H2,1-2H3,(H2,13,14,15,16). The van der Waals surface area contributed by atoms with E-state index in [4.69, 9.17) is 0 Å². The van der Waals surface area contributed by atoms with Crippen LogP contribution >= 0.6 is 15.9 Å². The van der Waals surface area contributed by atoms with Gasteiger partial charge in [-0.15, -0.1) is 0 Å². The van der Waals surface area contributed by atoms with E-state index in [0.717, 1.165) is 23.4 Å². The summed E-state index contributed by atoms with van der Waals surface area (Å²) >= 11 is 3.45. The first kappa shape index (κ1) is 11.6. The third kappa shape index (κ3) is 2.84. The summed E-state index contributed by atoms with van der Waals surface area (Å²) in [6, 6.07) is 0. The number of hydrogen-bond acceptors (Lipinski definition) is 4. The number of halogens is 1. The van der Waals surface area contributed by atoms with Crippen LogP contribution in [0.5, 0.6) is 0 Å². The SMILES string of the molecule is CCNc1ncc(Br)c(NCC2(C)CC2)n1. The van der Waals surface area contributed by atoms with Gasteiger partial charge in [-0.1, -0.05) is 6.92 Å². The second-order valence-electron chi connectivity index (χ2n) is 4.58. The summed E-state index contributed by atoms with van der Waals surface area (Å²) in [5.74, 6) is 1.55. The molecule has 0 amide bonds. The second kappa shape index (κ2) is 4.57. The van der Waals surface area contributed by atoms with Gasteiger partial charge in [0.25, 0.3) is 0 Å². The average molecular weight is 285 g/mol. The molecule has 0 atom stereocenters. The highest BCUT2D eigenvalue weighted by Crippen LogP contribution is 2.44. The van der Waals surface area contributed by atoms with Gasteiger partial charge in [0.1, 0.15) is 5.82 Å². The van der Waals surface area contributed by atoms with Gasteiger partial charge >= 0.3 is 0 Å². The molecule has 1 saturated carbocycles. The molecule has 1 aromatic rings. The maximum atomic E-state index is 4.41. The summed E-state index contributed by atoms with van der Waals surface area (Å²) < 4.78 is 0.915. The molecule has 16 heavy (non-hydrogen) atoms. The molecule has 1 fully saturated rings. The van der Waals surface area contributed by atoms with Gasteiger partial charge in [0, 0.05) is 19.3 Å². The van der Waals surface area contributed by atoms with Gasteiger partial charge in [-0.05, 0) is 41.1 Å². The fourth-order valence-corrected chi connectivity index (χ4v) is 1.75. The Bertz CT molecular complexity index is 376. The van der Waals surface area contributed by atoms with Gasteiger partial charge in [0.05, 0.1) is 4.47 Å². The first-order valence-corrected chi connectivity index (χ1v) is 6.42. The van der Waals surface area contributed by atoms with Crippen molar-refractivity contribution in [1.82, 2.24) is 9.97 Å². The van der Waals surface area contributed by atoms with Crippen LogP contribution < -0.4 is 10.6 Å². The van der Waals surface area contributed by atoms with Crippen molar-refractivity contribution < 1.29 is 0 Å². The second-order valence-corrected chi connectivity index (χ2v) is 5.44. The van der Waals surface area contributed by atoms with E-state index in [1.54, 1.807) is 6.20 Å². The molecule has 5 heteroatoms. The number of anilines is 2. The third-order valence-electron chi connectivity index (χ3n) is 2.87. The van der Waals surface area contributed by atoms with Crippen molar-refractivity contribution in [3.05, 3.63) is 10.7 Å². The molecule has 0 saturated heterocycles. The van der Waals surface area contributed by atoms with Gasteiger partial charge < -0.3 is 10.6 Å². The van der Waals surface area contributed by atoms with E-state index in [1.165, 1.54) is 12.8 Å². The summed E-state index contributed by atoms with van der Waals surface area (Å²) in [5, 5.41) is 6.48. The summed E-state index contributed by atoms with van der Waals surface area (Å²) in [6.07, 6.45) is 4.40. The van der Waals surface area contributed by atoms with Crippen LogP contribution in [0.15, 0.2) is 10.7 Å². The highest BCUT2D eigenvalue weighted by Gasteiger charge is 2.36. The van der Waals surface area contributed by atoms with Gasteiger partial charge in [-0.25, -0.2) is 4.98 Å². The van der Waals surface area contributed by atoms with Gasteiger partial charge in [0.15, 0.2) is 0 Å². The van der Waals surface area contributed by atoms with E-state index < -0.39 is 0 Å². The minimum absolute atomic E-state index is 0.475. The Labute approximate surface area is 104 Å². The highest BCUT2D eigenvalue weighted by atomic mass is 79.9. The number of hydrogen-bond donors (Lipinski definition) is 2. The largest absolute Gasteiger partial charge is 0.368 e. The van der Waals surface area contributed by atoms with Crippen LogP contribution in [-0.4, -0.2) is 23.1 Å². The quantitative estimate of drug-likeness (QED) is 0.873. The lowest BCUT2D eigenvalue weighted by atomic mass is 10.1. The molecule has 1 aromatic heterocycles. The number of nitrogens with zero attached hydrogens (tertiary/aromatic N) is 2. The van der Waals surface area contributed by atoms with Crippen LogP contribution in [0.25, 0.3) is 0 Å². The molecule has 0 spiro atoms. The highest BCUT2D eigenvalue weighted by molar-refractivity contribution is 9.10. The lowest BCUT2D eigenvalue weighted by Crippen LogP contribution is -2.14. The van der Waals surface area contributed by atoms with Crippen LogP contribution in [0.3, 0.4) is 0 Å². The molecule has 2 N–H and O–H groups in total. The maximum absolute atomic E-state index is 4.41. The molecule has 88 valence electrons. The molecule has 0 unspecified atom stereocenters. The first-order chi connectivity index (χ1) is 7.63. The van der Waals surface area contributed by atoms with Crippen molar-refractivity contribution >= 4 is 27.7 Å². The van der Waals surface area contributed by atoms with Crippen molar-refractivity contribution in [2.75, 3.05) is 23.7 Å². The predicted molar refractivity (Wildman–Crippen MR) is 69.7 cm³/mol. The fourth-order valence-electron chi connectivity index (χ4n) is 1.42. The van der Waals surface area contributed by atoms with Crippen LogP contribution in [-0.2, 0) is 0 Å². The molecule has 2 rings (SSSR count). The van der Waals surface area contributed by atoms with Gasteiger partial charge in [-0.2, -0.15) is 4.98 Å². The van der Waals surface area contributed by atoms with E-state index in [9.17, 15) is 0 Å². The topological polar surface area (TPSA) is 49.8 Å². The fraction of sp³-hybridized carbons (Fsp3) is 0.636. The summed E-state index contributed by atoms with van der Waals surface area (Å²) in [4.78, 5) is 8.59. The zero-order valence-corrected chi connectivity index (χ0v) is 11.3. The van der Waals surface area contributed by atoms with E-state index in [1.807, 2.05) is 6.92 Å². The van der Waals surface area contributed by atoms with E-state index in [0.29, 0.717) is 11.4 Å². The number of aromatic nitrogens is 2. The lowest BCUT2D eigenvalue weighted by Gasteiger charge is -2.12. The molecule has 1 aliphatic carbocycles. The van der Waals surface area contributed by atoms with Crippen molar-refractivity contribution in [2.24, 2.45) is 5.41 Å². The molecule has 0 radical (unpaired) electrons. The Morgan fingerprint density at radius 1 is 1.44 bits per heavy atom. The van der Waals surface area contributed by atoms with E-state index in [-0.39, 0.29) is 0 Å². The maximum Gasteiger partial charge on any atom is 0.224 e. The first-order valence-electron chi connectivity index (χ1n) is 5.63. The van der Waals surface area contributed by atoms with Gasteiger partial charge in [0.2, 0.25) is 5.95 Å². The average Bonchev–Trinajstić information content (AvgIpc) is 2.99. The molecule has 1 aliphatic rings. The normalized spacial score (nSPS) is 16.9. The zero-order chi connectivity index (χ0) is 11.6. The lowest BCUT2D eigenvalue weighted by molar-refractivity contribution is 0.609. The zero-order valence-electron chi connectivity index (χ0n) is 9.68. The Morgan fingerprint density at radius 2 is 2.19 bits per heavy atom. The van der Waals surface area contributed by atoms with Crippen LogP contribution in [0.2, 0.25) is 0 Å². The Hall–Kier alpha value is -0.840. The van der Waals surface area contributed by atoms with Crippen LogP contribution in [0.4, 0.5) is 11.8 Å². The number of rotatable bonds is 5. The minimum Gasteiger partial charge on any atom is -0.368 e. The Morgan fingerprint density at radius 3 is 2.81 bits per heavy atom. The van der Waals surface area contributed by atoms with Crippen molar-refractivity contribution in [3.63, 3.8) is 0 Å². The van der Waals surface area contributed by atoms with E-state index >= 15 is 0 Å². The summed E-state index contributed by atoms with van der Waals surface area (Å²) in [6.45, 7) is 6.14. The molecule has 0 aromatic carbocycles. The van der Waals surface area contributed by atoms with Crippen LogP contribution in [0, 0.1) is 5.41 Å². The molecule has 4 nitrogen and oxygen atoms in total. The van der Waals surface area contributed by atoms with Crippen molar-refractivity contribution in [1.29, 1.82) is 0 Å². The summed E-state index contributed by atoms with van der Waals surface area (Å²) in [5.41, 5.74) is 0.475. The monoisotopic (exact) mass is 284 g/mol. The molecule has 1 heterocycles.